The molecule has 0 atom stereocenters. The van der Waals surface area contributed by atoms with E-state index < -0.39 is 0 Å². The van der Waals surface area contributed by atoms with Crippen LogP contribution in [0.3, 0.4) is 0 Å². The van der Waals surface area contributed by atoms with E-state index in [4.69, 9.17) is 9.40 Å². The molecular weight excluding hydrogens is 404 g/mol. The fourth-order valence-corrected chi connectivity index (χ4v) is 3.69. The van der Waals surface area contributed by atoms with E-state index in [-0.39, 0.29) is 11.5 Å². The van der Waals surface area contributed by atoms with Gasteiger partial charge in [-0.05, 0) is 49.7 Å². The van der Waals surface area contributed by atoms with Crippen molar-refractivity contribution in [2.45, 2.75) is 26.9 Å². The second kappa shape index (κ2) is 9.51. The lowest BCUT2D eigenvalue weighted by molar-refractivity contribution is 0.0948. The summed E-state index contributed by atoms with van der Waals surface area (Å²) in [5.41, 5.74) is 1.86. The lowest BCUT2D eigenvalue weighted by Crippen LogP contribution is -2.33. The van der Waals surface area contributed by atoms with Crippen molar-refractivity contribution in [3.8, 4) is 0 Å². The number of furan rings is 1. The molecule has 1 N–H and O–H groups in total. The third kappa shape index (κ3) is 4.42. The summed E-state index contributed by atoms with van der Waals surface area (Å²) in [6, 6.07) is 18.4. The maximum atomic E-state index is 13.4. The molecule has 0 fully saturated rings. The topological polar surface area (TPSA) is 80.4 Å². The number of amides is 1. The molecule has 0 aliphatic rings. The summed E-state index contributed by atoms with van der Waals surface area (Å²) < 4.78 is 6.97. The molecule has 2 aromatic heterocycles. The lowest BCUT2D eigenvalue weighted by Gasteiger charge is -2.24. The molecule has 0 saturated carbocycles. The summed E-state index contributed by atoms with van der Waals surface area (Å²) >= 11 is 0. The molecule has 0 aliphatic heterocycles. The van der Waals surface area contributed by atoms with Crippen LogP contribution in [0.1, 0.15) is 35.5 Å². The number of nitrogens with one attached hydrogen (secondary N) is 1. The predicted octanol–water partition coefficient (Wildman–Crippen LogP) is 3.81. The average Bonchev–Trinajstić information content (AvgIpc) is 3.35. The molecule has 0 radical (unpaired) electrons. The molecule has 0 aliphatic carbocycles. The van der Waals surface area contributed by atoms with Crippen molar-refractivity contribution in [1.29, 1.82) is 0 Å². The average molecular weight is 431 g/mol. The smallest absolute Gasteiger partial charge is 0.263 e. The molecule has 0 unspecified atom stereocenters. The van der Waals surface area contributed by atoms with Gasteiger partial charge in [-0.15, -0.1) is 0 Å². The molecule has 164 valence electrons. The highest BCUT2D eigenvalue weighted by Gasteiger charge is 2.17. The normalized spacial score (nSPS) is 10.9. The van der Waals surface area contributed by atoms with E-state index in [1.807, 2.05) is 49.1 Å². The fourth-order valence-electron chi connectivity index (χ4n) is 3.69. The standard InChI is InChI=1S/C25H26N4O3/c1-3-28(4-2)25-27-22-15-19(23(30)26-16-20-11-8-14-32-20)12-13-21(22)24(31)29(25)17-18-9-6-5-7-10-18/h5-15H,3-4,16-17H2,1-2H3,(H,26,30). The highest BCUT2D eigenvalue weighted by Crippen LogP contribution is 2.18. The summed E-state index contributed by atoms with van der Waals surface area (Å²) in [6.07, 6.45) is 1.57. The van der Waals surface area contributed by atoms with Crippen LogP contribution in [0.25, 0.3) is 10.9 Å². The number of hydrogen-bond acceptors (Lipinski definition) is 5. The molecular formula is C25H26N4O3. The number of carbonyl (C=O) groups is 1. The molecule has 0 spiro atoms. The predicted molar refractivity (Wildman–Crippen MR) is 125 cm³/mol. The number of anilines is 1. The van der Waals surface area contributed by atoms with Crippen molar-refractivity contribution in [2.24, 2.45) is 0 Å². The molecule has 32 heavy (non-hydrogen) atoms. The van der Waals surface area contributed by atoms with E-state index in [0.717, 1.165) is 5.56 Å². The Balaban J connectivity index is 1.73. The van der Waals surface area contributed by atoms with Gasteiger partial charge in [0.05, 0.1) is 30.3 Å². The number of fused-ring (bicyclic) bond motifs is 1. The van der Waals surface area contributed by atoms with E-state index in [9.17, 15) is 9.59 Å². The van der Waals surface area contributed by atoms with Gasteiger partial charge in [0.15, 0.2) is 0 Å². The number of nitrogens with zero attached hydrogens (tertiary/aromatic N) is 3. The van der Waals surface area contributed by atoms with Gasteiger partial charge in [0, 0.05) is 18.7 Å². The van der Waals surface area contributed by atoms with Gasteiger partial charge in [0.2, 0.25) is 5.95 Å². The van der Waals surface area contributed by atoms with Gasteiger partial charge in [-0.3, -0.25) is 14.2 Å². The number of benzene rings is 2. The Morgan fingerprint density at radius 1 is 1.06 bits per heavy atom. The highest BCUT2D eigenvalue weighted by molar-refractivity contribution is 5.97. The molecule has 2 heterocycles. The summed E-state index contributed by atoms with van der Waals surface area (Å²) in [5.74, 6) is 1.03. The summed E-state index contributed by atoms with van der Waals surface area (Å²) in [7, 11) is 0. The van der Waals surface area contributed by atoms with Crippen LogP contribution in [0.4, 0.5) is 5.95 Å². The first-order valence-electron chi connectivity index (χ1n) is 10.7. The molecule has 7 nitrogen and oxygen atoms in total. The Morgan fingerprint density at radius 2 is 1.84 bits per heavy atom. The Morgan fingerprint density at radius 3 is 2.53 bits per heavy atom. The zero-order valence-electron chi connectivity index (χ0n) is 18.2. The Labute approximate surface area is 186 Å². The van der Waals surface area contributed by atoms with Gasteiger partial charge < -0.3 is 14.6 Å². The summed E-state index contributed by atoms with van der Waals surface area (Å²) in [5, 5.41) is 3.32. The van der Waals surface area contributed by atoms with Crippen LogP contribution in [-0.4, -0.2) is 28.5 Å². The maximum absolute atomic E-state index is 13.4. The van der Waals surface area contributed by atoms with Gasteiger partial charge in [-0.1, -0.05) is 30.3 Å². The third-order valence-electron chi connectivity index (χ3n) is 5.43. The zero-order chi connectivity index (χ0) is 22.5. The van der Waals surface area contributed by atoms with Crippen LogP contribution in [0, 0.1) is 0 Å². The highest BCUT2D eigenvalue weighted by atomic mass is 16.3. The van der Waals surface area contributed by atoms with Gasteiger partial charge >= 0.3 is 0 Å². The number of hydrogen-bond donors (Lipinski definition) is 1. The molecule has 0 saturated heterocycles. The van der Waals surface area contributed by atoms with Crippen LogP contribution >= 0.6 is 0 Å². The van der Waals surface area contributed by atoms with E-state index in [2.05, 4.69) is 5.32 Å². The van der Waals surface area contributed by atoms with Crippen LogP contribution < -0.4 is 15.8 Å². The van der Waals surface area contributed by atoms with Crippen LogP contribution in [0.15, 0.2) is 76.1 Å². The zero-order valence-corrected chi connectivity index (χ0v) is 18.2. The van der Waals surface area contributed by atoms with E-state index in [1.54, 1.807) is 41.2 Å². The summed E-state index contributed by atoms with van der Waals surface area (Å²) in [6.45, 7) is 6.22. The van der Waals surface area contributed by atoms with Crippen molar-refractivity contribution >= 4 is 22.8 Å². The number of rotatable bonds is 8. The molecule has 4 rings (SSSR count). The monoisotopic (exact) mass is 430 g/mol. The van der Waals surface area contributed by atoms with Crippen LogP contribution in [-0.2, 0) is 13.1 Å². The second-order valence-electron chi connectivity index (χ2n) is 7.45. The number of aromatic nitrogens is 2. The minimum absolute atomic E-state index is 0.122. The van der Waals surface area contributed by atoms with Crippen LogP contribution in [0.2, 0.25) is 0 Å². The van der Waals surface area contributed by atoms with Gasteiger partial charge in [-0.25, -0.2) is 4.98 Å². The Kier molecular flexibility index (Phi) is 6.35. The van der Waals surface area contributed by atoms with E-state index in [1.165, 1.54) is 0 Å². The van der Waals surface area contributed by atoms with Crippen molar-refractivity contribution in [3.63, 3.8) is 0 Å². The fraction of sp³-hybridized carbons (Fsp3) is 0.240. The molecule has 0 bridgehead atoms. The second-order valence-corrected chi connectivity index (χ2v) is 7.45. The minimum Gasteiger partial charge on any atom is -0.467 e. The molecule has 1 amide bonds. The Bertz CT molecular complexity index is 1260. The van der Waals surface area contributed by atoms with Gasteiger partial charge in [0.1, 0.15) is 5.76 Å². The molecule has 7 heteroatoms. The first-order chi connectivity index (χ1) is 15.6. The Hall–Kier alpha value is -3.87. The SMILES string of the molecule is CCN(CC)c1nc2cc(C(=O)NCc3ccco3)ccc2c(=O)n1Cc1ccccc1. The van der Waals surface area contributed by atoms with E-state index >= 15 is 0 Å². The first kappa shape index (κ1) is 21.4. The molecule has 2 aromatic carbocycles. The van der Waals surface area contributed by atoms with Crippen molar-refractivity contribution in [2.75, 3.05) is 18.0 Å². The van der Waals surface area contributed by atoms with Crippen molar-refractivity contribution < 1.29 is 9.21 Å². The quantitative estimate of drug-likeness (QED) is 0.460. The van der Waals surface area contributed by atoms with Gasteiger partial charge in [0.25, 0.3) is 11.5 Å². The molecule has 4 aromatic rings. The number of carbonyl (C=O) groups excluding carboxylic acids is 1. The van der Waals surface area contributed by atoms with Crippen LogP contribution in [0.5, 0.6) is 0 Å². The van der Waals surface area contributed by atoms with Crippen molar-refractivity contribution in [1.82, 2.24) is 14.9 Å². The van der Waals surface area contributed by atoms with Gasteiger partial charge in [-0.2, -0.15) is 0 Å². The minimum atomic E-state index is -0.247. The maximum Gasteiger partial charge on any atom is 0.263 e. The third-order valence-corrected chi connectivity index (χ3v) is 5.43. The first-order valence-corrected chi connectivity index (χ1v) is 10.7. The largest absolute Gasteiger partial charge is 0.467 e. The van der Waals surface area contributed by atoms with E-state index in [0.29, 0.717) is 54.4 Å². The summed E-state index contributed by atoms with van der Waals surface area (Å²) in [4.78, 5) is 32.9. The van der Waals surface area contributed by atoms with Crippen molar-refractivity contribution in [3.05, 3.63) is 94.2 Å². The lowest BCUT2D eigenvalue weighted by atomic mass is 10.1.